The maximum absolute atomic E-state index is 12.2. The minimum absolute atomic E-state index is 0.343. The van der Waals surface area contributed by atoms with Gasteiger partial charge in [0, 0.05) is 48.6 Å². The first-order valence-corrected chi connectivity index (χ1v) is 10.4. The van der Waals surface area contributed by atoms with Crippen molar-refractivity contribution in [2.75, 3.05) is 26.3 Å². The second kappa shape index (κ2) is 9.38. The van der Waals surface area contributed by atoms with E-state index in [9.17, 15) is 38.4 Å². The summed E-state index contributed by atoms with van der Waals surface area (Å²) in [4.78, 5) is 100. The third kappa shape index (κ3) is 4.61. The van der Waals surface area contributed by atoms with E-state index in [4.69, 9.17) is 4.74 Å². The summed E-state index contributed by atoms with van der Waals surface area (Å²) in [5, 5.41) is 0. The van der Waals surface area contributed by atoms with Gasteiger partial charge in [0.15, 0.2) is 0 Å². The standard InChI is InChI=1S/C22H18N4O9/c27-15-1-2-16(28)23(15)9-13(25-19(31)5-6-20(25)32)11-35-12-14(26-21(33)7-8-22(26)34)10-24-17(29)3-4-18(24)30/h1-8,13-14H,9-12H2. The zero-order valence-corrected chi connectivity index (χ0v) is 18.1. The number of imide groups is 4. The summed E-state index contributed by atoms with van der Waals surface area (Å²) in [6.45, 7) is -1.41. The molecule has 0 aromatic rings. The lowest BCUT2D eigenvalue weighted by atomic mass is 10.2. The van der Waals surface area contributed by atoms with Crippen LogP contribution in [0.25, 0.3) is 0 Å². The van der Waals surface area contributed by atoms with E-state index in [1.807, 2.05) is 0 Å². The molecule has 13 heteroatoms. The summed E-state index contributed by atoms with van der Waals surface area (Å²) in [7, 11) is 0. The molecule has 0 aliphatic carbocycles. The Morgan fingerprint density at radius 2 is 0.714 bits per heavy atom. The number of nitrogens with zero attached hydrogens (tertiary/aromatic N) is 4. The highest BCUT2D eigenvalue weighted by molar-refractivity contribution is 6.15. The van der Waals surface area contributed by atoms with Crippen molar-refractivity contribution in [1.29, 1.82) is 0 Å². The second-order valence-electron chi connectivity index (χ2n) is 7.85. The fourth-order valence-corrected chi connectivity index (χ4v) is 3.94. The number of carbonyl (C=O) groups is 8. The lowest BCUT2D eigenvalue weighted by Gasteiger charge is -2.32. The Hall–Kier alpha value is -4.52. The Morgan fingerprint density at radius 3 is 1.00 bits per heavy atom. The Labute approximate surface area is 197 Å². The van der Waals surface area contributed by atoms with Crippen LogP contribution < -0.4 is 0 Å². The molecule has 0 spiro atoms. The minimum Gasteiger partial charge on any atom is -0.377 e. The molecule has 4 aliphatic heterocycles. The van der Waals surface area contributed by atoms with Crippen LogP contribution in [0.2, 0.25) is 0 Å². The molecule has 0 radical (unpaired) electrons. The van der Waals surface area contributed by atoms with Gasteiger partial charge < -0.3 is 4.74 Å². The molecule has 4 rings (SSSR count). The van der Waals surface area contributed by atoms with E-state index in [1.54, 1.807) is 0 Å². The van der Waals surface area contributed by atoms with Gasteiger partial charge in [-0.2, -0.15) is 0 Å². The SMILES string of the molecule is O=C1C=CC(=O)N1CC(COCC(CN1C(=O)C=CC1=O)N1C(=O)C=CC1=O)N1C(=O)C=CC1=O. The Bertz CT molecular complexity index is 1020. The quantitative estimate of drug-likeness (QED) is 0.305. The summed E-state index contributed by atoms with van der Waals surface area (Å²) in [6.07, 6.45) is 8.36. The molecule has 35 heavy (non-hydrogen) atoms. The maximum Gasteiger partial charge on any atom is 0.254 e. The molecule has 0 bridgehead atoms. The van der Waals surface area contributed by atoms with E-state index in [1.165, 1.54) is 0 Å². The topological polar surface area (TPSA) is 159 Å². The Balaban J connectivity index is 1.48. The predicted molar refractivity (Wildman–Crippen MR) is 112 cm³/mol. The van der Waals surface area contributed by atoms with Crippen molar-refractivity contribution in [2.24, 2.45) is 0 Å². The number of ether oxygens (including phenoxy) is 1. The molecule has 2 unspecified atom stereocenters. The first-order valence-electron chi connectivity index (χ1n) is 10.4. The lowest BCUT2D eigenvalue weighted by molar-refractivity contribution is -0.149. The predicted octanol–water partition coefficient (Wildman–Crippen LogP) is -2.56. The summed E-state index contributed by atoms with van der Waals surface area (Å²) in [6, 6.07) is -2.14. The maximum atomic E-state index is 12.2. The molecule has 0 saturated heterocycles. The summed E-state index contributed by atoms with van der Waals surface area (Å²) >= 11 is 0. The zero-order valence-electron chi connectivity index (χ0n) is 18.1. The summed E-state index contributed by atoms with van der Waals surface area (Å²) in [5.74, 6) is -5.15. The molecule has 0 N–H and O–H groups in total. The highest BCUT2D eigenvalue weighted by atomic mass is 16.5. The zero-order chi connectivity index (χ0) is 25.3. The van der Waals surface area contributed by atoms with Crippen LogP contribution in [0, 0.1) is 0 Å². The lowest BCUT2D eigenvalue weighted by Crippen LogP contribution is -2.53. The molecule has 4 aliphatic rings. The molecule has 0 aromatic heterocycles. The number of amides is 8. The van der Waals surface area contributed by atoms with Gasteiger partial charge in [0.25, 0.3) is 47.3 Å². The van der Waals surface area contributed by atoms with Gasteiger partial charge in [-0.1, -0.05) is 0 Å². The van der Waals surface area contributed by atoms with Crippen LogP contribution in [0.5, 0.6) is 0 Å². The van der Waals surface area contributed by atoms with Crippen molar-refractivity contribution in [3.8, 4) is 0 Å². The van der Waals surface area contributed by atoms with Crippen LogP contribution in [0.4, 0.5) is 0 Å². The molecule has 13 nitrogen and oxygen atoms in total. The number of hydrogen-bond donors (Lipinski definition) is 0. The van der Waals surface area contributed by atoms with Crippen molar-refractivity contribution >= 4 is 47.3 Å². The average molecular weight is 482 g/mol. The van der Waals surface area contributed by atoms with Gasteiger partial charge in [0.1, 0.15) is 0 Å². The van der Waals surface area contributed by atoms with Gasteiger partial charge in [-0.25, -0.2) is 0 Å². The normalized spacial score (nSPS) is 21.3. The largest absolute Gasteiger partial charge is 0.377 e. The number of rotatable bonds is 10. The van der Waals surface area contributed by atoms with Gasteiger partial charge in [-0.3, -0.25) is 58.0 Å². The van der Waals surface area contributed by atoms with Crippen LogP contribution in [-0.4, -0.2) is 105 Å². The second-order valence-corrected chi connectivity index (χ2v) is 7.85. The first kappa shape index (κ1) is 23.6. The number of carbonyl (C=O) groups excluding carboxylic acids is 8. The molecular weight excluding hydrogens is 464 g/mol. The minimum atomic E-state index is -1.07. The third-order valence-corrected chi connectivity index (χ3v) is 5.63. The highest BCUT2D eigenvalue weighted by Crippen LogP contribution is 2.17. The van der Waals surface area contributed by atoms with Crippen molar-refractivity contribution in [1.82, 2.24) is 19.6 Å². The monoisotopic (exact) mass is 482 g/mol. The van der Waals surface area contributed by atoms with Crippen molar-refractivity contribution in [3.05, 3.63) is 48.6 Å². The fourth-order valence-electron chi connectivity index (χ4n) is 3.94. The third-order valence-electron chi connectivity index (χ3n) is 5.63. The van der Waals surface area contributed by atoms with Crippen LogP contribution in [0.3, 0.4) is 0 Å². The molecular formula is C22H18N4O9. The average Bonchev–Trinajstić information content (AvgIpc) is 3.52. The van der Waals surface area contributed by atoms with Gasteiger partial charge >= 0.3 is 0 Å². The van der Waals surface area contributed by atoms with Gasteiger partial charge in [0.05, 0.1) is 38.4 Å². The molecule has 8 amide bonds. The van der Waals surface area contributed by atoms with E-state index in [-0.39, 0.29) is 26.3 Å². The van der Waals surface area contributed by atoms with E-state index < -0.39 is 59.3 Å². The van der Waals surface area contributed by atoms with Crippen molar-refractivity contribution in [2.45, 2.75) is 12.1 Å². The van der Waals surface area contributed by atoms with Crippen LogP contribution in [0.1, 0.15) is 0 Å². The molecule has 0 saturated carbocycles. The van der Waals surface area contributed by atoms with Crippen LogP contribution in [0.15, 0.2) is 48.6 Å². The summed E-state index contributed by atoms with van der Waals surface area (Å²) < 4.78 is 5.65. The molecule has 0 aromatic carbocycles. The summed E-state index contributed by atoms with van der Waals surface area (Å²) in [5.41, 5.74) is 0. The molecule has 2 atom stereocenters. The van der Waals surface area contributed by atoms with Gasteiger partial charge in [-0.15, -0.1) is 0 Å². The van der Waals surface area contributed by atoms with E-state index in [2.05, 4.69) is 0 Å². The van der Waals surface area contributed by atoms with E-state index in [0.717, 1.165) is 68.2 Å². The smallest absolute Gasteiger partial charge is 0.254 e. The van der Waals surface area contributed by atoms with E-state index in [0.29, 0.717) is 0 Å². The van der Waals surface area contributed by atoms with Crippen LogP contribution >= 0.6 is 0 Å². The Morgan fingerprint density at radius 1 is 0.457 bits per heavy atom. The molecule has 180 valence electrons. The molecule has 0 fully saturated rings. The van der Waals surface area contributed by atoms with Gasteiger partial charge in [-0.05, 0) is 0 Å². The van der Waals surface area contributed by atoms with Crippen molar-refractivity contribution in [3.63, 3.8) is 0 Å². The van der Waals surface area contributed by atoms with Gasteiger partial charge in [0.2, 0.25) is 0 Å². The fraction of sp³-hybridized carbons (Fsp3) is 0.273. The first-order chi connectivity index (χ1) is 16.7. The van der Waals surface area contributed by atoms with Crippen molar-refractivity contribution < 1.29 is 43.1 Å². The number of hydrogen-bond acceptors (Lipinski definition) is 9. The molecule has 4 heterocycles. The van der Waals surface area contributed by atoms with Crippen LogP contribution in [-0.2, 0) is 43.1 Å². The van der Waals surface area contributed by atoms with E-state index >= 15 is 0 Å². The highest BCUT2D eigenvalue weighted by Gasteiger charge is 2.38. The Kier molecular flexibility index (Phi) is 6.34.